The Hall–Kier alpha value is -4.72. The molecule has 0 saturated carbocycles. The van der Waals surface area contributed by atoms with Crippen molar-refractivity contribution in [3.63, 3.8) is 0 Å². The minimum Gasteiger partial charge on any atom is -0.323 e. The van der Waals surface area contributed by atoms with Crippen LogP contribution in [-0.4, -0.2) is 27.4 Å². The SMILES string of the molecule is Cc1nn(-c2ccccc2)c2c1[C@@]1(C(=O)Nc3ccccc31)N1C(=N2)C(=O)Nc2ccccc21. The first kappa shape index (κ1) is 18.8. The minimum atomic E-state index is -1.34. The van der Waals surface area contributed by atoms with E-state index in [2.05, 4.69) is 10.6 Å². The van der Waals surface area contributed by atoms with E-state index in [1.165, 1.54) is 0 Å². The van der Waals surface area contributed by atoms with Crippen molar-refractivity contribution in [3.8, 4) is 5.69 Å². The largest absolute Gasteiger partial charge is 0.323 e. The van der Waals surface area contributed by atoms with Crippen LogP contribution in [0.3, 0.4) is 0 Å². The van der Waals surface area contributed by atoms with Crippen molar-refractivity contribution in [2.45, 2.75) is 12.5 Å². The van der Waals surface area contributed by atoms with Crippen LogP contribution in [0.15, 0.2) is 83.9 Å². The summed E-state index contributed by atoms with van der Waals surface area (Å²) in [4.78, 5) is 34.0. The van der Waals surface area contributed by atoms with E-state index in [0.717, 1.165) is 11.3 Å². The molecule has 3 aliphatic rings. The number of anilines is 3. The van der Waals surface area contributed by atoms with E-state index in [0.29, 0.717) is 34.1 Å². The van der Waals surface area contributed by atoms with Gasteiger partial charge in [0.2, 0.25) is 5.84 Å². The van der Waals surface area contributed by atoms with Gasteiger partial charge in [-0.25, -0.2) is 9.67 Å². The number of nitrogens with one attached hydrogen (secondary N) is 2. The number of benzene rings is 3. The first-order valence-electron chi connectivity index (χ1n) is 11.0. The van der Waals surface area contributed by atoms with Gasteiger partial charge < -0.3 is 10.6 Å². The second-order valence-corrected chi connectivity index (χ2v) is 8.48. The Morgan fingerprint density at radius 2 is 1.53 bits per heavy atom. The molecule has 2 amide bonds. The third kappa shape index (κ3) is 2.17. The van der Waals surface area contributed by atoms with Gasteiger partial charge in [-0.1, -0.05) is 48.5 Å². The molecule has 164 valence electrons. The molecule has 3 aromatic carbocycles. The predicted molar refractivity (Wildman–Crippen MR) is 129 cm³/mol. The molecule has 34 heavy (non-hydrogen) atoms. The number of fused-ring (bicyclic) bond motifs is 8. The smallest absolute Gasteiger partial charge is 0.291 e. The topological polar surface area (TPSA) is 91.6 Å². The molecule has 7 rings (SSSR count). The number of amidine groups is 1. The minimum absolute atomic E-state index is 0.148. The third-order valence-corrected chi connectivity index (χ3v) is 6.65. The maximum atomic E-state index is 14.1. The van der Waals surface area contributed by atoms with Crippen LogP contribution in [0.5, 0.6) is 0 Å². The average molecular weight is 446 g/mol. The molecule has 8 heteroatoms. The van der Waals surface area contributed by atoms with E-state index in [1.54, 1.807) is 9.58 Å². The summed E-state index contributed by atoms with van der Waals surface area (Å²) in [6.45, 7) is 1.88. The fourth-order valence-corrected chi connectivity index (χ4v) is 5.32. The lowest BCUT2D eigenvalue weighted by Crippen LogP contribution is -2.61. The number of rotatable bonds is 1. The van der Waals surface area contributed by atoms with Crippen molar-refractivity contribution >= 4 is 40.5 Å². The fourth-order valence-electron chi connectivity index (χ4n) is 5.32. The Bertz CT molecular complexity index is 1570. The number of aromatic nitrogens is 2. The summed E-state index contributed by atoms with van der Waals surface area (Å²) in [5.41, 5.74) is 3.56. The van der Waals surface area contributed by atoms with Crippen molar-refractivity contribution in [2.24, 2.45) is 4.99 Å². The second-order valence-electron chi connectivity index (χ2n) is 8.48. The molecule has 1 atom stereocenters. The molecular weight excluding hydrogens is 428 g/mol. The molecule has 0 radical (unpaired) electrons. The summed E-state index contributed by atoms with van der Waals surface area (Å²) in [5.74, 6) is -0.00611. The van der Waals surface area contributed by atoms with Gasteiger partial charge in [0.1, 0.15) is 0 Å². The van der Waals surface area contributed by atoms with Crippen molar-refractivity contribution in [1.82, 2.24) is 9.78 Å². The van der Waals surface area contributed by atoms with Gasteiger partial charge in [-0.05, 0) is 37.3 Å². The zero-order chi connectivity index (χ0) is 23.0. The molecular formula is C26H18N6O2. The van der Waals surface area contributed by atoms with Gasteiger partial charge in [0.15, 0.2) is 11.4 Å². The monoisotopic (exact) mass is 446 g/mol. The first-order valence-corrected chi connectivity index (χ1v) is 11.0. The summed E-state index contributed by atoms with van der Waals surface area (Å²) in [5, 5.41) is 10.8. The molecule has 2 N–H and O–H groups in total. The van der Waals surface area contributed by atoms with Crippen LogP contribution >= 0.6 is 0 Å². The molecule has 8 nitrogen and oxygen atoms in total. The van der Waals surface area contributed by atoms with Gasteiger partial charge >= 0.3 is 0 Å². The normalized spacial score (nSPS) is 19.6. The first-order chi connectivity index (χ1) is 16.6. The number of hydrogen-bond donors (Lipinski definition) is 2. The number of para-hydroxylation sites is 4. The highest BCUT2D eigenvalue weighted by atomic mass is 16.2. The van der Waals surface area contributed by atoms with Crippen molar-refractivity contribution < 1.29 is 9.59 Å². The molecule has 1 aromatic heterocycles. The van der Waals surface area contributed by atoms with Crippen LogP contribution in [-0.2, 0) is 15.1 Å². The van der Waals surface area contributed by atoms with Gasteiger partial charge in [0, 0.05) is 11.3 Å². The Kier molecular flexibility index (Phi) is 3.55. The summed E-state index contributed by atoms with van der Waals surface area (Å²) >= 11 is 0. The van der Waals surface area contributed by atoms with Gasteiger partial charge in [-0.3, -0.25) is 14.5 Å². The molecule has 1 spiro atoms. The highest BCUT2D eigenvalue weighted by molar-refractivity contribution is 6.51. The summed E-state index contributed by atoms with van der Waals surface area (Å²) < 4.78 is 1.71. The Balaban J connectivity index is 1.64. The molecule has 0 fully saturated rings. The van der Waals surface area contributed by atoms with Crippen LogP contribution in [0.1, 0.15) is 16.8 Å². The highest BCUT2D eigenvalue weighted by Gasteiger charge is 2.61. The van der Waals surface area contributed by atoms with Crippen molar-refractivity contribution in [1.29, 1.82) is 0 Å². The van der Waals surface area contributed by atoms with Gasteiger partial charge in [-0.2, -0.15) is 5.10 Å². The van der Waals surface area contributed by atoms with E-state index in [1.807, 2.05) is 85.8 Å². The highest BCUT2D eigenvalue weighted by Crippen LogP contribution is 2.55. The van der Waals surface area contributed by atoms with Crippen LogP contribution in [0, 0.1) is 6.92 Å². The third-order valence-electron chi connectivity index (χ3n) is 6.65. The lowest BCUT2D eigenvalue weighted by atomic mass is 9.79. The molecule has 4 heterocycles. The fraction of sp³-hybridized carbons (Fsp3) is 0.0769. The number of carbonyl (C=O) groups is 2. The van der Waals surface area contributed by atoms with Crippen molar-refractivity contribution in [2.75, 3.05) is 15.5 Å². The van der Waals surface area contributed by atoms with Gasteiger partial charge in [0.05, 0.1) is 28.3 Å². The number of carbonyl (C=O) groups excluding carboxylic acids is 2. The number of nitrogens with zero attached hydrogens (tertiary/aromatic N) is 4. The Labute approximate surface area is 194 Å². The predicted octanol–water partition coefficient (Wildman–Crippen LogP) is 3.88. The molecule has 0 bridgehead atoms. The Morgan fingerprint density at radius 3 is 2.35 bits per heavy atom. The maximum absolute atomic E-state index is 14.1. The zero-order valence-electron chi connectivity index (χ0n) is 18.1. The van der Waals surface area contributed by atoms with Crippen LogP contribution < -0.4 is 15.5 Å². The molecule has 0 saturated heterocycles. The lowest BCUT2D eigenvalue weighted by molar-refractivity contribution is -0.119. The van der Waals surface area contributed by atoms with Gasteiger partial charge in [0.25, 0.3) is 11.8 Å². The quantitative estimate of drug-likeness (QED) is 0.464. The maximum Gasteiger partial charge on any atom is 0.291 e. The van der Waals surface area contributed by atoms with E-state index < -0.39 is 5.54 Å². The number of hydrogen-bond acceptors (Lipinski definition) is 5. The summed E-state index contributed by atoms with van der Waals surface area (Å²) in [6, 6.07) is 24.6. The number of aliphatic imine (C=N–C) groups is 1. The number of aryl methyl sites for hydroxylation is 1. The average Bonchev–Trinajstić information content (AvgIpc) is 3.34. The van der Waals surface area contributed by atoms with Crippen LogP contribution in [0.25, 0.3) is 5.69 Å². The van der Waals surface area contributed by atoms with Gasteiger partial charge in [-0.15, -0.1) is 0 Å². The lowest BCUT2D eigenvalue weighted by Gasteiger charge is -2.45. The molecule has 3 aliphatic heterocycles. The second kappa shape index (κ2) is 6.41. The summed E-state index contributed by atoms with van der Waals surface area (Å²) in [6.07, 6.45) is 0. The standard InChI is InChI=1S/C26H18N6O2/c1-15-21-22(32(30-15)16-9-3-2-4-10-16)29-23-24(33)27-19-13-7-8-14-20(19)31(23)26(21)17-11-5-6-12-18(17)28-25(26)34/h2-14H,1H3,(H,27,33)(H,28,34)/t26-/m0/s1. The summed E-state index contributed by atoms with van der Waals surface area (Å²) in [7, 11) is 0. The molecule has 4 aromatic rings. The Morgan fingerprint density at radius 1 is 0.824 bits per heavy atom. The van der Waals surface area contributed by atoms with E-state index >= 15 is 0 Å². The molecule has 0 aliphatic carbocycles. The van der Waals surface area contributed by atoms with Crippen molar-refractivity contribution in [3.05, 3.63) is 95.7 Å². The van der Waals surface area contributed by atoms with E-state index in [9.17, 15) is 9.59 Å². The van der Waals surface area contributed by atoms with Crippen LogP contribution in [0.4, 0.5) is 22.9 Å². The van der Waals surface area contributed by atoms with E-state index in [-0.39, 0.29) is 17.6 Å². The van der Waals surface area contributed by atoms with E-state index in [4.69, 9.17) is 10.1 Å². The molecule has 0 unspecified atom stereocenters. The zero-order valence-corrected chi connectivity index (χ0v) is 18.1. The van der Waals surface area contributed by atoms with Crippen LogP contribution in [0.2, 0.25) is 0 Å². The number of amides is 2.